The Morgan fingerprint density at radius 1 is 1.12 bits per heavy atom. The lowest BCUT2D eigenvalue weighted by atomic mass is 10.1. The van der Waals surface area contributed by atoms with E-state index >= 15 is 0 Å². The molecule has 0 bridgehead atoms. The maximum atomic E-state index is 13.1. The predicted molar refractivity (Wildman–Crippen MR) is 133 cm³/mol. The van der Waals surface area contributed by atoms with Gasteiger partial charge in [-0.1, -0.05) is 0 Å². The number of pyridine rings is 1. The van der Waals surface area contributed by atoms with Crippen molar-refractivity contribution in [2.75, 3.05) is 37.9 Å². The normalized spacial score (nSPS) is 10.7. The van der Waals surface area contributed by atoms with Crippen molar-refractivity contribution in [3.05, 3.63) is 60.3 Å². The first-order chi connectivity index (χ1) is 16.5. The van der Waals surface area contributed by atoms with Gasteiger partial charge in [0.15, 0.2) is 11.5 Å². The monoisotopic (exact) mass is 466 g/mol. The third-order valence-electron chi connectivity index (χ3n) is 5.64. The second-order valence-electron chi connectivity index (χ2n) is 8.05. The Morgan fingerprint density at radius 3 is 2.65 bits per heavy atom. The topological polar surface area (TPSA) is 108 Å². The molecule has 0 saturated heterocycles. The number of ether oxygens (including phenoxy) is 2. The van der Waals surface area contributed by atoms with Crippen molar-refractivity contribution in [1.29, 1.82) is 0 Å². The molecule has 0 fully saturated rings. The van der Waals surface area contributed by atoms with E-state index in [9.17, 15) is 4.79 Å². The van der Waals surface area contributed by atoms with Gasteiger partial charge in [0.05, 0.1) is 20.5 Å². The predicted octanol–water partition coefficient (Wildman–Crippen LogP) is 3.82. The fourth-order valence-corrected chi connectivity index (χ4v) is 3.75. The number of hydrogen-bond donors (Lipinski definition) is 2. The summed E-state index contributed by atoms with van der Waals surface area (Å²) in [5.41, 5.74) is 8.78. The number of methoxy groups -OCH3 is 2. The van der Waals surface area contributed by atoms with Crippen LogP contribution in [-0.4, -0.2) is 47.9 Å². The number of nitrogens with one attached hydrogen (secondary N) is 1. The number of nitrogen functional groups attached to an aromatic ring is 1. The van der Waals surface area contributed by atoms with Gasteiger partial charge in [0.1, 0.15) is 5.82 Å². The minimum atomic E-state index is -0.136. The first kappa shape index (κ1) is 24.9. The molecule has 9 nitrogen and oxygen atoms in total. The summed E-state index contributed by atoms with van der Waals surface area (Å²) in [7, 11) is 3.18. The summed E-state index contributed by atoms with van der Waals surface area (Å²) in [6.07, 6.45) is 8.80. The van der Waals surface area contributed by atoms with Crippen molar-refractivity contribution in [3.63, 3.8) is 0 Å². The number of imidazole rings is 1. The molecule has 0 saturated carbocycles. The fraction of sp³-hybridized carbons (Fsp3) is 0.400. The summed E-state index contributed by atoms with van der Waals surface area (Å²) < 4.78 is 12.9. The van der Waals surface area contributed by atoms with E-state index in [4.69, 9.17) is 15.2 Å². The van der Waals surface area contributed by atoms with Crippen molar-refractivity contribution in [2.24, 2.45) is 0 Å². The highest BCUT2D eigenvalue weighted by Gasteiger charge is 2.17. The quantitative estimate of drug-likeness (QED) is 0.393. The van der Waals surface area contributed by atoms with Crippen LogP contribution >= 0.6 is 0 Å². The molecule has 0 atom stereocenters. The van der Waals surface area contributed by atoms with Crippen molar-refractivity contribution < 1.29 is 14.3 Å². The van der Waals surface area contributed by atoms with Gasteiger partial charge in [0.25, 0.3) is 0 Å². The molecule has 0 aliphatic carbocycles. The molecule has 3 N–H and O–H groups in total. The van der Waals surface area contributed by atoms with Crippen LogP contribution in [0, 0.1) is 6.92 Å². The maximum Gasteiger partial charge on any atom is 0.321 e. The summed E-state index contributed by atoms with van der Waals surface area (Å²) in [6.45, 7) is 3.96. The molecule has 3 aromatic rings. The number of hydrogen-bond acceptors (Lipinski definition) is 6. The number of aryl methyl sites for hydroxylation is 3. The Hall–Kier alpha value is -3.75. The number of carbonyl (C=O) groups excluding carboxylic acids is 1. The van der Waals surface area contributed by atoms with Crippen LogP contribution < -0.4 is 25.4 Å². The van der Waals surface area contributed by atoms with Crippen LogP contribution in [-0.2, 0) is 13.0 Å². The molecule has 2 heterocycles. The lowest BCUT2D eigenvalue weighted by Gasteiger charge is -2.24. The van der Waals surface area contributed by atoms with Gasteiger partial charge in [-0.3, -0.25) is 4.90 Å². The summed E-state index contributed by atoms with van der Waals surface area (Å²) in [6, 6.07) is 9.24. The number of urea groups is 1. The highest BCUT2D eigenvalue weighted by Crippen LogP contribution is 2.31. The molecule has 0 radical (unpaired) electrons. The smallest absolute Gasteiger partial charge is 0.321 e. The second-order valence-corrected chi connectivity index (χ2v) is 8.05. The van der Waals surface area contributed by atoms with E-state index in [1.807, 2.05) is 49.8 Å². The first-order valence-electron chi connectivity index (χ1n) is 11.5. The Labute approximate surface area is 200 Å². The molecular weight excluding hydrogens is 432 g/mol. The number of aromatic nitrogens is 3. The second kappa shape index (κ2) is 12.5. The fourth-order valence-electron chi connectivity index (χ4n) is 3.75. The van der Waals surface area contributed by atoms with Crippen molar-refractivity contribution >= 4 is 17.5 Å². The average Bonchev–Trinajstić information content (AvgIpc) is 3.25. The molecule has 0 unspecified atom stereocenters. The Kier molecular flexibility index (Phi) is 9.13. The number of carbonyl (C=O) groups is 1. The third kappa shape index (κ3) is 6.87. The van der Waals surface area contributed by atoms with Crippen molar-refractivity contribution in [3.8, 4) is 11.5 Å². The van der Waals surface area contributed by atoms with E-state index in [-0.39, 0.29) is 6.03 Å². The number of anilines is 2. The molecule has 0 aliphatic heterocycles. The lowest BCUT2D eigenvalue weighted by molar-refractivity contribution is 0.245. The molecule has 3 rings (SSSR count). The number of nitrogens with zero attached hydrogens (tertiary/aromatic N) is 4. The highest BCUT2D eigenvalue weighted by atomic mass is 16.5. The van der Waals surface area contributed by atoms with Crippen LogP contribution in [0.3, 0.4) is 0 Å². The Balaban J connectivity index is 1.61. The van der Waals surface area contributed by atoms with Gasteiger partial charge in [-0.05, 0) is 62.4 Å². The SMILES string of the molecule is COc1ccc(N(CCCCc2ccnc(N)c2)C(=O)NCCCn2cncc2C)cc1OC. The van der Waals surface area contributed by atoms with E-state index in [0.717, 1.165) is 49.2 Å². The molecular formula is C25H34N6O3. The average molecular weight is 467 g/mol. The number of amides is 2. The largest absolute Gasteiger partial charge is 0.493 e. The van der Waals surface area contributed by atoms with Crippen LogP contribution in [0.15, 0.2) is 49.1 Å². The van der Waals surface area contributed by atoms with E-state index in [1.165, 1.54) is 0 Å². The molecule has 0 aliphatic rings. The van der Waals surface area contributed by atoms with Gasteiger partial charge in [0.2, 0.25) is 0 Å². The zero-order chi connectivity index (χ0) is 24.3. The minimum Gasteiger partial charge on any atom is -0.493 e. The molecule has 182 valence electrons. The molecule has 2 amide bonds. The van der Waals surface area contributed by atoms with Crippen LogP contribution in [0.5, 0.6) is 11.5 Å². The number of benzene rings is 1. The molecule has 9 heteroatoms. The van der Waals surface area contributed by atoms with Crippen molar-refractivity contribution in [1.82, 2.24) is 19.9 Å². The lowest BCUT2D eigenvalue weighted by Crippen LogP contribution is -2.41. The number of unbranched alkanes of at least 4 members (excludes halogenated alkanes) is 1. The zero-order valence-corrected chi connectivity index (χ0v) is 20.2. The molecule has 0 spiro atoms. The third-order valence-corrected chi connectivity index (χ3v) is 5.64. The summed E-state index contributed by atoms with van der Waals surface area (Å²) >= 11 is 0. The number of nitrogens with two attached hydrogens (primary N) is 1. The maximum absolute atomic E-state index is 13.1. The van der Waals surface area contributed by atoms with E-state index in [0.29, 0.717) is 30.4 Å². The summed E-state index contributed by atoms with van der Waals surface area (Å²) in [5, 5.41) is 3.05. The van der Waals surface area contributed by atoms with E-state index < -0.39 is 0 Å². The molecule has 2 aromatic heterocycles. The van der Waals surface area contributed by atoms with Crippen LogP contribution in [0.1, 0.15) is 30.5 Å². The van der Waals surface area contributed by atoms with Gasteiger partial charge in [0, 0.05) is 49.5 Å². The first-order valence-corrected chi connectivity index (χ1v) is 11.5. The highest BCUT2D eigenvalue weighted by molar-refractivity contribution is 5.92. The van der Waals surface area contributed by atoms with E-state index in [2.05, 4.69) is 19.9 Å². The van der Waals surface area contributed by atoms with Gasteiger partial charge in [-0.15, -0.1) is 0 Å². The minimum absolute atomic E-state index is 0.136. The standard InChI is InChI=1S/C25H34N6O3/c1-19-17-27-18-30(19)13-6-11-29-25(32)31(21-8-9-22(33-2)23(16-21)34-3)14-5-4-7-20-10-12-28-24(26)15-20/h8-10,12,15-18H,4-7,11,13-14H2,1-3H3,(H2,26,28)(H,29,32). The zero-order valence-electron chi connectivity index (χ0n) is 20.2. The Bertz CT molecular complexity index is 1070. The van der Waals surface area contributed by atoms with Gasteiger partial charge in [-0.25, -0.2) is 14.8 Å². The molecule has 34 heavy (non-hydrogen) atoms. The summed E-state index contributed by atoms with van der Waals surface area (Å²) in [5.74, 6) is 1.73. The van der Waals surface area contributed by atoms with Gasteiger partial charge >= 0.3 is 6.03 Å². The van der Waals surface area contributed by atoms with Gasteiger partial charge < -0.3 is 25.1 Å². The summed E-state index contributed by atoms with van der Waals surface area (Å²) in [4.78, 5) is 23.1. The number of rotatable bonds is 12. The van der Waals surface area contributed by atoms with Crippen molar-refractivity contribution in [2.45, 2.75) is 39.2 Å². The van der Waals surface area contributed by atoms with E-state index in [1.54, 1.807) is 25.3 Å². The van der Waals surface area contributed by atoms with Crippen LogP contribution in [0.2, 0.25) is 0 Å². The molecule has 1 aromatic carbocycles. The van der Waals surface area contributed by atoms with Crippen LogP contribution in [0.4, 0.5) is 16.3 Å². The van der Waals surface area contributed by atoms with Crippen LogP contribution in [0.25, 0.3) is 0 Å². The van der Waals surface area contributed by atoms with Gasteiger partial charge in [-0.2, -0.15) is 0 Å². The Morgan fingerprint density at radius 2 is 1.94 bits per heavy atom.